The Morgan fingerprint density at radius 1 is 0.254 bits per heavy atom. The van der Waals surface area contributed by atoms with E-state index in [-0.39, 0.29) is 0 Å². The van der Waals surface area contributed by atoms with Gasteiger partial charge in [0, 0.05) is 38.5 Å². The van der Waals surface area contributed by atoms with Crippen LogP contribution in [0.2, 0.25) is 0 Å². The van der Waals surface area contributed by atoms with Crippen LogP contribution in [-0.4, -0.2) is 17.2 Å². The summed E-state index contributed by atoms with van der Waals surface area (Å²) < 4.78 is 4.94. The predicted octanol–water partition coefficient (Wildman–Crippen LogP) is 12.6. The monoisotopic (exact) mass is 818 g/mol. The number of nitrogens with zero attached hydrogens (tertiary/aromatic N) is 2. The van der Waals surface area contributed by atoms with Crippen LogP contribution < -0.4 is 20.7 Å². The molecule has 0 saturated heterocycles. The number of hydrogen-bond donors (Lipinski definition) is 0. The van der Waals surface area contributed by atoms with Gasteiger partial charge in [0.15, 0.2) is 8.07 Å². The molecule has 3 heteroatoms. The molecule has 0 aliphatic rings. The van der Waals surface area contributed by atoms with Gasteiger partial charge < -0.3 is 9.13 Å². The van der Waals surface area contributed by atoms with Crippen LogP contribution in [0.15, 0.2) is 255 Å². The molecule has 0 spiro atoms. The third-order valence-corrected chi connectivity index (χ3v) is 17.8. The first-order chi connectivity index (χ1) is 31.3. The summed E-state index contributed by atoms with van der Waals surface area (Å²) in [6.45, 7) is 0. The zero-order valence-corrected chi connectivity index (χ0v) is 35.6. The molecule has 296 valence electrons. The van der Waals surface area contributed by atoms with E-state index in [0.29, 0.717) is 0 Å². The molecule has 0 N–H and O–H groups in total. The largest absolute Gasteiger partial charge is 0.309 e. The minimum Gasteiger partial charge on any atom is -0.309 e. The van der Waals surface area contributed by atoms with Gasteiger partial charge in [-0.25, -0.2) is 0 Å². The highest BCUT2D eigenvalue weighted by molar-refractivity contribution is 7.19. The van der Waals surface area contributed by atoms with E-state index < -0.39 is 8.07 Å². The summed E-state index contributed by atoms with van der Waals surface area (Å²) in [6.07, 6.45) is 0. The van der Waals surface area contributed by atoms with Gasteiger partial charge in [0.25, 0.3) is 0 Å². The van der Waals surface area contributed by atoms with E-state index in [1.807, 2.05) is 0 Å². The van der Waals surface area contributed by atoms with Crippen LogP contribution in [0, 0.1) is 0 Å². The Hall–Kier alpha value is -7.98. The predicted molar refractivity (Wildman–Crippen MR) is 270 cm³/mol. The standard InChI is InChI=1S/C60H42N2Si/c1-5-20-43(21-6-1)44-22-17-23-46(40-44)62-58-37-16-13-32-53(58)55-35-19-34-52(60(55)62)45-38-39-59-56(41-45)54-33-14-15-36-57(54)61(59)47-24-18-31-51(42-47)63(48-25-7-2-8-26-48,49-27-9-3-10-28-49)50-29-11-4-12-30-50/h1-42H. The lowest BCUT2D eigenvalue weighted by atomic mass is 9.99. The van der Waals surface area contributed by atoms with E-state index in [1.165, 1.54) is 86.6 Å². The molecule has 0 radical (unpaired) electrons. The second-order valence-corrected chi connectivity index (χ2v) is 20.3. The van der Waals surface area contributed by atoms with Crippen molar-refractivity contribution in [2.24, 2.45) is 0 Å². The summed E-state index contributed by atoms with van der Waals surface area (Å²) in [7, 11) is -2.74. The van der Waals surface area contributed by atoms with Crippen molar-refractivity contribution in [2.45, 2.75) is 0 Å². The molecule has 0 aliphatic heterocycles. The van der Waals surface area contributed by atoms with Crippen LogP contribution in [0.4, 0.5) is 0 Å². The molecule has 0 unspecified atom stereocenters. The van der Waals surface area contributed by atoms with Crippen LogP contribution in [0.5, 0.6) is 0 Å². The Morgan fingerprint density at radius 3 is 1.37 bits per heavy atom. The van der Waals surface area contributed by atoms with E-state index in [0.717, 1.165) is 11.4 Å². The molecule has 0 bridgehead atoms. The van der Waals surface area contributed by atoms with Gasteiger partial charge in [-0.15, -0.1) is 0 Å². The van der Waals surface area contributed by atoms with Crippen molar-refractivity contribution in [3.63, 3.8) is 0 Å². The minimum absolute atomic E-state index is 1.15. The van der Waals surface area contributed by atoms with Crippen LogP contribution >= 0.6 is 0 Å². The first kappa shape index (κ1) is 36.8. The van der Waals surface area contributed by atoms with Crippen molar-refractivity contribution < 1.29 is 0 Å². The number of aromatic nitrogens is 2. The van der Waals surface area contributed by atoms with Gasteiger partial charge in [0.1, 0.15) is 0 Å². The van der Waals surface area contributed by atoms with Gasteiger partial charge in [-0.1, -0.05) is 206 Å². The topological polar surface area (TPSA) is 9.86 Å². The highest BCUT2D eigenvalue weighted by Crippen LogP contribution is 2.41. The summed E-state index contributed by atoms with van der Waals surface area (Å²) in [5, 5.41) is 10.4. The molecule has 0 saturated carbocycles. The number of rotatable bonds is 8. The minimum atomic E-state index is -2.74. The second kappa shape index (κ2) is 15.2. The first-order valence-electron chi connectivity index (χ1n) is 21.8. The van der Waals surface area contributed by atoms with Gasteiger partial charge in [0.05, 0.1) is 22.1 Å². The van der Waals surface area contributed by atoms with Crippen LogP contribution in [0.1, 0.15) is 0 Å². The number of para-hydroxylation sites is 3. The van der Waals surface area contributed by atoms with Crippen molar-refractivity contribution in [3.8, 4) is 33.6 Å². The fourth-order valence-electron chi connectivity index (χ4n) is 10.3. The van der Waals surface area contributed by atoms with E-state index in [1.54, 1.807) is 0 Å². The summed E-state index contributed by atoms with van der Waals surface area (Å²) in [5.41, 5.74) is 11.9. The Labute approximate surface area is 368 Å². The molecular weight excluding hydrogens is 777 g/mol. The average molecular weight is 819 g/mol. The lowest BCUT2D eigenvalue weighted by molar-refractivity contribution is 1.18. The van der Waals surface area contributed by atoms with Crippen molar-refractivity contribution in [3.05, 3.63) is 255 Å². The van der Waals surface area contributed by atoms with E-state index in [4.69, 9.17) is 0 Å². The SMILES string of the molecule is c1ccc(-c2cccc(-n3c4ccccc4c4cccc(-c5ccc6c(c5)c5ccccc5n6-c5cccc([Si](c6ccccc6)(c6ccccc6)c6ccccc6)c5)c43)c2)cc1. The molecule has 63 heavy (non-hydrogen) atoms. The van der Waals surface area contributed by atoms with Crippen molar-refractivity contribution in [2.75, 3.05) is 0 Å². The Bertz CT molecular complexity index is 3510. The molecule has 10 aromatic carbocycles. The molecular formula is C60H42N2Si. The fourth-order valence-corrected chi connectivity index (χ4v) is 15.1. The summed E-state index contributed by atoms with van der Waals surface area (Å²) in [4.78, 5) is 0. The van der Waals surface area contributed by atoms with Crippen molar-refractivity contribution >= 4 is 72.4 Å². The Morgan fingerprint density at radius 2 is 0.714 bits per heavy atom. The molecule has 0 fully saturated rings. The van der Waals surface area contributed by atoms with Crippen LogP contribution in [-0.2, 0) is 0 Å². The molecule has 12 aromatic rings. The zero-order chi connectivity index (χ0) is 41.7. The molecule has 2 heterocycles. The molecule has 0 atom stereocenters. The number of fused-ring (bicyclic) bond motifs is 6. The summed E-state index contributed by atoms with van der Waals surface area (Å²) in [5.74, 6) is 0. The number of benzene rings is 10. The lowest BCUT2D eigenvalue weighted by Gasteiger charge is -2.34. The quantitative estimate of drug-likeness (QED) is 0.107. The van der Waals surface area contributed by atoms with E-state index in [2.05, 4.69) is 264 Å². The number of hydrogen-bond acceptors (Lipinski definition) is 0. The molecule has 2 aromatic heterocycles. The molecule has 12 rings (SSSR count). The zero-order valence-electron chi connectivity index (χ0n) is 34.6. The third-order valence-electron chi connectivity index (χ3n) is 13.0. The summed E-state index contributed by atoms with van der Waals surface area (Å²) >= 11 is 0. The third kappa shape index (κ3) is 5.93. The maximum Gasteiger partial charge on any atom is 0.179 e. The molecule has 0 amide bonds. The lowest BCUT2D eigenvalue weighted by Crippen LogP contribution is -2.74. The first-order valence-corrected chi connectivity index (χ1v) is 23.8. The Kier molecular flexibility index (Phi) is 8.87. The van der Waals surface area contributed by atoms with Gasteiger partial charge >= 0.3 is 0 Å². The highest BCUT2D eigenvalue weighted by atomic mass is 28.3. The van der Waals surface area contributed by atoms with Crippen molar-refractivity contribution in [1.82, 2.24) is 9.13 Å². The van der Waals surface area contributed by atoms with Crippen molar-refractivity contribution in [1.29, 1.82) is 0 Å². The molecule has 2 nitrogen and oxygen atoms in total. The van der Waals surface area contributed by atoms with Gasteiger partial charge in [-0.2, -0.15) is 0 Å². The normalized spacial score (nSPS) is 11.8. The van der Waals surface area contributed by atoms with E-state index >= 15 is 0 Å². The smallest absolute Gasteiger partial charge is 0.179 e. The maximum absolute atomic E-state index is 2.74. The van der Waals surface area contributed by atoms with Gasteiger partial charge in [0.2, 0.25) is 0 Å². The van der Waals surface area contributed by atoms with Gasteiger partial charge in [-0.05, 0) is 86.0 Å². The Balaban J connectivity index is 1.07. The molecule has 0 aliphatic carbocycles. The fraction of sp³-hybridized carbons (Fsp3) is 0. The van der Waals surface area contributed by atoms with Crippen LogP contribution in [0.25, 0.3) is 77.2 Å². The average Bonchev–Trinajstić information content (AvgIpc) is 3.89. The maximum atomic E-state index is 2.48. The second-order valence-electron chi connectivity index (χ2n) is 16.5. The van der Waals surface area contributed by atoms with Gasteiger partial charge in [-0.3, -0.25) is 0 Å². The van der Waals surface area contributed by atoms with E-state index in [9.17, 15) is 0 Å². The highest BCUT2D eigenvalue weighted by Gasteiger charge is 2.41. The van der Waals surface area contributed by atoms with Crippen LogP contribution in [0.3, 0.4) is 0 Å². The summed E-state index contributed by atoms with van der Waals surface area (Å²) in [6, 6.07) is 94.2.